The Kier molecular flexibility index (Phi) is 5.39. The SMILES string of the molecule is C=C(C)C#C[Si](F)(c1c(C)cc(C)cc1C)c1c(C)cc(C)cc1C. The molecule has 0 bridgehead atoms. The second-order valence-corrected chi connectivity index (χ2v) is 9.80. The number of allylic oxidation sites excluding steroid dienone is 1. The molecule has 25 heavy (non-hydrogen) atoms. The van der Waals surface area contributed by atoms with E-state index in [1.807, 2.05) is 48.5 Å². The molecule has 0 nitrogen and oxygen atoms in total. The van der Waals surface area contributed by atoms with Gasteiger partial charge >= 0.3 is 8.41 Å². The first-order valence-corrected chi connectivity index (χ1v) is 10.5. The monoisotopic (exact) mass is 350 g/mol. The van der Waals surface area contributed by atoms with Crippen molar-refractivity contribution in [2.75, 3.05) is 0 Å². The molecule has 130 valence electrons. The molecule has 0 amide bonds. The van der Waals surface area contributed by atoms with Crippen molar-refractivity contribution in [2.24, 2.45) is 0 Å². The molecule has 0 radical (unpaired) electrons. The molecular formula is C23H27FSi. The molecular weight excluding hydrogens is 323 g/mol. The van der Waals surface area contributed by atoms with E-state index in [1.165, 1.54) is 0 Å². The van der Waals surface area contributed by atoms with E-state index < -0.39 is 8.41 Å². The minimum Gasteiger partial charge on any atom is -0.285 e. The summed E-state index contributed by atoms with van der Waals surface area (Å²) in [6, 6.07) is 8.24. The maximum atomic E-state index is 16.8. The second-order valence-electron chi connectivity index (χ2n) is 7.24. The summed E-state index contributed by atoms with van der Waals surface area (Å²) in [6.45, 7) is 17.8. The van der Waals surface area contributed by atoms with Gasteiger partial charge in [-0.05, 0) is 86.7 Å². The molecule has 0 aromatic heterocycles. The van der Waals surface area contributed by atoms with E-state index in [1.54, 1.807) is 0 Å². The Labute approximate surface area is 153 Å². The summed E-state index contributed by atoms with van der Waals surface area (Å²) >= 11 is 0. The Balaban J connectivity index is 2.92. The van der Waals surface area contributed by atoms with Crippen LogP contribution in [0.15, 0.2) is 36.4 Å². The smallest absolute Gasteiger partial charge is 0.285 e. The molecule has 0 saturated heterocycles. The normalized spacial score (nSPS) is 11.0. The van der Waals surface area contributed by atoms with Crippen LogP contribution in [-0.4, -0.2) is 8.41 Å². The van der Waals surface area contributed by atoms with Crippen LogP contribution in [0.1, 0.15) is 40.3 Å². The van der Waals surface area contributed by atoms with Crippen molar-refractivity contribution in [2.45, 2.75) is 48.5 Å². The third-order valence-electron chi connectivity index (χ3n) is 4.49. The van der Waals surface area contributed by atoms with Crippen molar-refractivity contribution in [3.8, 4) is 11.5 Å². The summed E-state index contributed by atoms with van der Waals surface area (Å²) in [5.41, 5.74) is 10.0. The van der Waals surface area contributed by atoms with E-state index >= 15 is 4.11 Å². The second kappa shape index (κ2) is 7.02. The number of hydrogen-bond acceptors (Lipinski definition) is 0. The Morgan fingerprint density at radius 1 is 0.800 bits per heavy atom. The Bertz CT molecular complexity index is 806. The summed E-state index contributed by atoms with van der Waals surface area (Å²) in [6.07, 6.45) is 0. The molecule has 0 N–H and O–H groups in total. The van der Waals surface area contributed by atoms with E-state index in [-0.39, 0.29) is 0 Å². The minimum atomic E-state index is -3.71. The van der Waals surface area contributed by atoms with Gasteiger partial charge in [-0.2, -0.15) is 0 Å². The summed E-state index contributed by atoms with van der Waals surface area (Å²) in [7, 11) is -3.71. The summed E-state index contributed by atoms with van der Waals surface area (Å²) in [4.78, 5) is 0. The predicted octanol–water partition coefficient (Wildman–Crippen LogP) is 4.69. The molecule has 2 rings (SSSR count). The van der Waals surface area contributed by atoms with Gasteiger partial charge in [0, 0.05) is 0 Å². The first kappa shape index (κ1) is 19.2. The largest absolute Gasteiger partial charge is 0.386 e. The Morgan fingerprint density at radius 3 is 1.40 bits per heavy atom. The van der Waals surface area contributed by atoms with Gasteiger partial charge in [0.2, 0.25) is 0 Å². The average Bonchev–Trinajstić information content (AvgIpc) is 2.42. The topological polar surface area (TPSA) is 0 Å². The first-order chi connectivity index (χ1) is 11.6. The number of aryl methyl sites for hydroxylation is 6. The fourth-order valence-electron chi connectivity index (χ4n) is 3.89. The molecule has 0 unspecified atom stereocenters. The zero-order valence-corrected chi connectivity index (χ0v) is 17.4. The van der Waals surface area contributed by atoms with Crippen LogP contribution in [0, 0.1) is 53.0 Å². The fraction of sp³-hybridized carbons (Fsp3) is 0.304. The number of benzene rings is 2. The molecule has 0 aliphatic rings. The van der Waals surface area contributed by atoms with Crippen LogP contribution in [0.25, 0.3) is 0 Å². The van der Waals surface area contributed by atoms with Crippen LogP contribution in [0.5, 0.6) is 0 Å². The minimum absolute atomic E-state index is 0.694. The van der Waals surface area contributed by atoms with Gasteiger partial charge in [-0.15, -0.1) is 0 Å². The number of hydrogen-bond donors (Lipinski definition) is 0. The fourth-order valence-corrected chi connectivity index (χ4v) is 7.24. The van der Waals surface area contributed by atoms with Crippen molar-refractivity contribution in [1.29, 1.82) is 0 Å². The maximum absolute atomic E-state index is 16.8. The summed E-state index contributed by atoms with van der Waals surface area (Å²) in [5, 5.41) is 1.59. The van der Waals surface area contributed by atoms with E-state index in [4.69, 9.17) is 0 Å². The van der Waals surface area contributed by atoms with Crippen molar-refractivity contribution >= 4 is 18.8 Å². The summed E-state index contributed by atoms with van der Waals surface area (Å²) in [5.74, 6) is 2.96. The molecule has 0 aliphatic heterocycles. The third kappa shape index (κ3) is 3.77. The van der Waals surface area contributed by atoms with Crippen LogP contribution >= 0.6 is 0 Å². The maximum Gasteiger partial charge on any atom is 0.386 e. The predicted molar refractivity (Wildman–Crippen MR) is 110 cm³/mol. The lowest BCUT2D eigenvalue weighted by molar-refractivity contribution is 0.841. The lowest BCUT2D eigenvalue weighted by atomic mass is 10.1. The van der Waals surface area contributed by atoms with Gasteiger partial charge in [0.25, 0.3) is 0 Å². The molecule has 0 atom stereocenters. The van der Waals surface area contributed by atoms with E-state index in [0.29, 0.717) is 5.57 Å². The average molecular weight is 351 g/mol. The molecule has 0 spiro atoms. The number of halogens is 1. The van der Waals surface area contributed by atoms with E-state index in [0.717, 1.165) is 43.8 Å². The van der Waals surface area contributed by atoms with Gasteiger partial charge in [-0.3, -0.25) is 4.11 Å². The lowest BCUT2D eigenvalue weighted by Gasteiger charge is -2.26. The molecule has 0 heterocycles. The lowest BCUT2D eigenvalue weighted by Crippen LogP contribution is -2.58. The van der Waals surface area contributed by atoms with Crippen molar-refractivity contribution in [3.63, 3.8) is 0 Å². The van der Waals surface area contributed by atoms with Crippen LogP contribution < -0.4 is 10.4 Å². The standard InChI is InChI=1S/C23H27FSi/c1-15(2)9-10-25(24,22-18(5)11-16(3)12-19(22)6)23-20(7)13-17(4)14-21(23)8/h11-14H,1H2,2-8H3. The van der Waals surface area contributed by atoms with Gasteiger partial charge < -0.3 is 0 Å². The highest BCUT2D eigenvalue weighted by Crippen LogP contribution is 2.19. The van der Waals surface area contributed by atoms with Gasteiger partial charge in [0.15, 0.2) is 0 Å². The van der Waals surface area contributed by atoms with Crippen LogP contribution in [0.2, 0.25) is 0 Å². The third-order valence-corrected chi connectivity index (χ3v) is 7.92. The highest BCUT2D eigenvalue weighted by molar-refractivity contribution is 7.04. The molecule has 2 heteroatoms. The molecule has 2 aromatic rings. The van der Waals surface area contributed by atoms with Crippen molar-refractivity contribution < 1.29 is 4.11 Å². The van der Waals surface area contributed by atoms with Crippen LogP contribution in [0.4, 0.5) is 4.11 Å². The molecule has 0 fully saturated rings. The van der Waals surface area contributed by atoms with Crippen LogP contribution in [-0.2, 0) is 0 Å². The zero-order valence-electron chi connectivity index (χ0n) is 16.4. The van der Waals surface area contributed by atoms with E-state index in [9.17, 15) is 0 Å². The van der Waals surface area contributed by atoms with Crippen molar-refractivity contribution in [1.82, 2.24) is 0 Å². The summed E-state index contributed by atoms with van der Waals surface area (Å²) < 4.78 is 16.8. The van der Waals surface area contributed by atoms with Gasteiger partial charge in [0.1, 0.15) is 0 Å². The van der Waals surface area contributed by atoms with E-state index in [2.05, 4.69) is 42.3 Å². The molecule has 0 aliphatic carbocycles. The Morgan fingerprint density at radius 2 is 1.12 bits per heavy atom. The Hall–Kier alpha value is -2.11. The first-order valence-electron chi connectivity index (χ1n) is 8.60. The van der Waals surface area contributed by atoms with Gasteiger partial charge in [-0.25, -0.2) is 0 Å². The highest BCUT2D eigenvalue weighted by atomic mass is 28.4. The molecule has 0 saturated carbocycles. The van der Waals surface area contributed by atoms with Crippen LogP contribution in [0.3, 0.4) is 0 Å². The molecule has 2 aromatic carbocycles. The number of rotatable bonds is 2. The quantitative estimate of drug-likeness (QED) is 0.419. The van der Waals surface area contributed by atoms with Crippen molar-refractivity contribution in [3.05, 3.63) is 69.8 Å². The zero-order chi connectivity index (χ0) is 18.9. The van der Waals surface area contributed by atoms with Gasteiger partial charge in [-0.1, -0.05) is 53.4 Å². The highest BCUT2D eigenvalue weighted by Gasteiger charge is 2.42. The van der Waals surface area contributed by atoms with Gasteiger partial charge in [0.05, 0.1) is 0 Å².